The van der Waals surface area contributed by atoms with Gasteiger partial charge in [-0.3, -0.25) is 0 Å². The molecule has 2 N–H and O–H groups in total. The van der Waals surface area contributed by atoms with Crippen LogP contribution in [0.5, 0.6) is 6.01 Å². The number of ether oxygens (including phenoxy) is 1. The van der Waals surface area contributed by atoms with E-state index in [0.717, 1.165) is 18.5 Å². The highest BCUT2D eigenvalue weighted by Gasteiger charge is 2.16. The highest BCUT2D eigenvalue weighted by molar-refractivity contribution is 5.55. The largest absolute Gasteiger partial charge is 0.464 e. The Bertz CT molecular complexity index is 696. The van der Waals surface area contributed by atoms with Crippen molar-refractivity contribution in [3.8, 4) is 6.01 Å². The van der Waals surface area contributed by atoms with E-state index in [1.165, 1.54) is 24.8 Å². The minimum atomic E-state index is 0.349. The van der Waals surface area contributed by atoms with Gasteiger partial charge in [0.2, 0.25) is 11.9 Å². The molecule has 0 saturated heterocycles. The highest BCUT2D eigenvalue weighted by atomic mass is 16.5. The van der Waals surface area contributed by atoms with Gasteiger partial charge in [0, 0.05) is 11.7 Å². The van der Waals surface area contributed by atoms with Crippen molar-refractivity contribution < 1.29 is 4.74 Å². The average molecular weight is 355 g/mol. The molecule has 0 radical (unpaired) electrons. The fraction of sp³-hybridized carbons (Fsp3) is 0.550. The molecule has 6 nitrogen and oxygen atoms in total. The summed E-state index contributed by atoms with van der Waals surface area (Å²) in [6.45, 7) is 6.82. The fourth-order valence-corrected chi connectivity index (χ4v) is 3.18. The third-order valence-electron chi connectivity index (χ3n) is 4.66. The van der Waals surface area contributed by atoms with Crippen LogP contribution in [0.15, 0.2) is 24.3 Å². The van der Waals surface area contributed by atoms with Crippen LogP contribution >= 0.6 is 0 Å². The molecule has 0 spiro atoms. The molecule has 1 saturated carbocycles. The third-order valence-corrected chi connectivity index (χ3v) is 4.66. The first-order chi connectivity index (χ1) is 12.6. The number of benzene rings is 1. The first-order valence-corrected chi connectivity index (χ1v) is 9.66. The van der Waals surface area contributed by atoms with E-state index in [0.29, 0.717) is 36.5 Å². The van der Waals surface area contributed by atoms with Crippen LogP contribution in [0.25, 0.3) is 0 Å². The summed E-state index contributed by atoms with van der Waals surface area (Å²) in [4.78, 5) is 13.3. The van der Waals surface area contributed by atoms with Crippen molar-refractivity contribution in [2.45, 2.75) is 64.8 Å². The Morgan fingerprint density at radius 2 is 1.69 bits per heavy atom. The zero-order valence-corrected chi connectivity index (χ0v) is 16.0. The monoisotopic (exact) mass is 355 g/mol. The summed E-state index contributed by atoms with van der Waals surface area (Å²) in [6.07, 6.45) is 6.16. The standard InChI is InChI=1S/C20H29N5O/c1-4-26-20-24-18(21-16-8-6-5-7-9-16)23-19(25-20)22-17-12-10-15(11-13-17)14(2)3/h10-14,16H,4-9H2,1-3H3,(H2,21,22,23,24,25). The van der Waals surface area contributed by atoms with Crippen LogP contribution in [0.4, 0.5) is 17.6 Å². The highest BCUT2D eigenvalue weighted by Crippen LogP contribution is 2.23. The van der Waals surface area contributed by atoms with Gasteiger partial charge in [-0.05, 0) is 43.4 Å². The summed E-state index contributed by atoms with van der Waals surface area (Å²) < 4.78 is 5.52. The van der Waals surface area contributed by atoms with Crippen LogP contribution < -0.4 is 15.4 Å². The second kappa shape index (κ2) is 8.83. The SMILES string of the molecule is CCOc1nc(Nc2ccc(C(C)C)cc2)nc(NC2CCCCC2)n1. The van der Waals surface area contributed by atoms with E-state index in [1.807, 2.05) is 19.1 Å². The zero-order chi connectivity index (χ0) is 18.4. The molecule has 1 aromatic heterocycles. The van der Waals surface area contributed by atoms with E-state index < -0.39 is 0 Å². The lowest BCUT2D eigenvalue weighted by atomic mass is 9.96. The Hall–Kier alpha value is -2.37. The van der Waals surface area contributed by atoms with Crippen molar-refractivity contribution in [3.63, 3.8) is 0 Å². The molecule has 0 bridgehead atoms. The molecular weight excluding hydrogens is 326 g/mol. The van der Waals surface area contributed by atoms with Gasteiger partial charge in [0.05, 0.1) is 6.61 Å². The van der Waals surface area contributed by atoms with Crippen molar-refractivity contribution >= 4 is 17.6 Å². The molecule has 0 atom stereocenters. The maximum atomic E-state index is 5.52. The van der Waals surface area contributed by atoms with E-state index >= 15 is 0 Å². The van der Waals surface area contributed by atoms with Crippen LogP contribution in [0.1, 0.15) is 64.4 Å². The minimum absolute atomic E-state index is 0.349. The lowest BCUT2D eigenvalue weighted by Crippen LogP contribution is -2.24. The molecule has 1 heterocycles. The predicted octanol–water partition coefficient (Wildman–Crippen LogP) is 4.88. The van der Waals surface area contributed by atoms with Gasteiger partial charge in [-0.1, -0.05) is 45.2 Å². The maximum absolute atomic E-state index is 5.52. The summed E-state index contributed by atoms with van der Waals surface area (Å²) in [5.74, 6) is 1.59. The molecule has 140 valence electrons. The Morgan fingerprint density at radius 3 is 2.35 bits per heavy atom. The Kier molecular flexibility index (Phi) is 6.26. The quantitative estimate of drug-likeness (QED) is 0.737. The second-order valence-electron chi connectivity index (χ2n) is 7.08. The summed E-state index contributed by atoms with van der Waals surface area (Å²) in [5, 5.41) is 6.71. The molecule has 3 rings (SSSR count). The fourth-order valence-electron chi connectivity index (χ4n) is 3.18. The lowest BCUT2D eigenvalue weighted by Gasteiger charge is -2.22. The predicted molar refractivity (Wildman–Crippen MR) is 105 cm³/mol. The molecule has 0 amide bonds. The van der Waals surface area contributed by atoms with Crippen LogP contribution in [0, 0.1) is 0 Å². The number of nitrogens with zero attached hydrogens (tertiary/aromatic N) is 3. The number of hydrogen-bond acceptors (Lipinski definition) is 6. The zero-order valence-electron chi connectivity index (χ0n) is 16.0. The second-order valence-corrected chi connectivity index (χ2v) is 7.08. The lowest BCUT2D eigenvalue weighted by molar-refractivity contribution is 0.312. The third kappa shape index (κ3) is 5.07. The van der Waals surface area contributed by atoms with E-state index in [4.69, 9.17) is 4.74 Å². The van der Waals surface area contributed by atoms with Gasteiger partial charge in [0.1, 0.15) is 0 Å². The van der Waals surface area contributed by atoms with Gasteiger partial charge in [0.15, 0.2) is 0 Å². The normalized spacial score (nSPS) is 15.1. The maximum Gasteiger partial charge on any atom is 0.323 e. The van der Waals surface area contributed by atoms with Crippen molar-refractivity contribution in [3.05, 3.63) is 29.8 Å². The van der Waals surface area contributed by atoms with Crippen LogP contribution in [-0.4, -0.2) is 27.6 Å². The van der Waals surface area contributed by atoms with Crippen molar-refractivity contribution in [1.29, 1.82) is 0 Å². The topological polar surface area (TPSA) is 72.0 Å². The Morgan fingerprint density at radius 1 is 1.00 bits per heavy atom. The summed E-state index contributed by atoms with van der Waals surface area (Å²) in [7, 11) is 0. The van der Waals surface area contributed by atoms with Crippen LogP contribution in [-0.2, 0) is 0 Å². The Labute approximate surface area is 155 Å². The van der Waals surface area contributed by atoms with E-state index in [2.05, 4.69) is 51.6 Å². The summed E-state index contributed by atoms with van der Waals surface area (Å²) in [5.41, 5.74) is 2.26. The molecule has 1 aromatic carbocycles. The van der Waals surface area contributed by atoms with Crippen LogP contribution in [0.2, 0.25) is 0 Å². The van der Waals surface area contributed by atoms with Gasteiger partial charge in [-0.15, -0.1) is 0 Å². The molecule has 6 heteroatoms. The molecule has 2 aromatic rings. The van der Waals surface area contributed by atoms with Gasteiger partial charge in [-0.25, -0.2) is 0 Å². The number of hydrogen-bond donors (Lipinski definition) is 2. The minimum Gasteiger partial charge on any atom is -0.464 e. The van der Waals surface area contributed by atoms with E-state index in [-0.39, 0.29) is 0 Å². The molecule has 1 fully saturated rings. The molecule has 0 unspecified atom stereocenters. The molecule has 0 aliphatic heterocycles. The average Bonchev–Trinajstić information content (AvgIpc) is 2.63. The number of rotatable bonds is 7. The van der Waals surface area contributed by atoms with E-state index in [9.17, 15) is 0 Å². The van der Waals surface area contributed by atoms with Gasteiger partial charge in [0.25, 0.3) is 0 Å². The smallest absolute Gasteiger partial charge is 0.323 e. The van der Waals surface area contributed by atoms with Gasteiger partial charge >= 0.3 is 6.01 Å². The van der Waals surface area contributed by atoms with Crippen LogP contribution in [0.3, 0.4) is 0 Å². The number of anilines is 3. The molecular formula is C20H29N5O. The molecule has 1 aliphatic carbocycles. The molecule has 1 aliphatic rings. The molecule has 26 heavy (non-hydrogen) atoms. The van der Waals surface area contributed by atoms with Gasteiger partial charge < -0.3 is 15.4 Å². The first kappa shape index (κ1) is 18.4. The summed E-state index contributed by atoms with van der Waals surface area (Å²) in [6, 6.07) is 9.12. The van der Waals surface area contributed by atoms with E-state index in [1.54, 1.807) is 0 Å². The van der Waals surface area contributed by atoms with Crippen molar-refractivity contribution in [2.24, 2.45) is 0 Å². The number of nitrogens with one attached hydrogen (secondary N) is 2. The van der Waals surface area contributed by atoms with Crippen molar-refractivity contribution in [2.75, 3.05) is 17.2 Å². The first-order valence-electron chi connectivity index (χ1n) is 9.66. The number of aromatic nitrogens is 3. The van der Waals surface area contributed by atoms with Crippen molar-refractivity contribution in [1.82, 2.24) is 15.0 Å². The van der Waals surface area contributed by atoms with Gasteiger partial charge in [-0.2, -0.15) is 15.0 Å². The Balaban J connectivity index is 1.76. The summed E-state index contributed by atoms with van der Waals surface area (Å²) >= 11 is 0.